The number of rotatable bonds is 2. The van der Waals surface area contributed by atoms with Crippen LogP contribution in [-0.4, -0.2) is 0 Å². The molecule has 0 N–H and O–H groups in total. The third-order valence-corrected chi connectivity index (χ3v) is 0.751. The minimum atomic E-state index is 0.558. The first-order valence-corrected chi connectivity index (χ1v) is 3.60. The molecule has 0 spiro atoms. The first kappa shape index (κ1) is 12.4. The molecule has 1 nitrogen and oxygen atoms in total. The van der Waals surface area contributed by atoms with E-state index in [0.717, 1.165) is 5.57 Å². The highest BCUT2D eigenvalue weighted by Gasteiger charge is 1.83. The van der Waals surface area contributed by atoms with Crippen LogP contribution in [0.1, 0.15) is 20.8 Å². The van der Waals surface area contributed by atoms with Crippen LogP contribution in [0.2, 0.25) is 0 Å². The summed E-state index contributed by atoms with van der Waals surface area (Å²) in [5.41, 5.74) is 1.42. The zero-order valence-corrected chi connectivity index (χ0v) is 7.52. The highest BCUT2D eigenvalue weighted by molar-refractivity contribution is 5.36. The Morgan fingerprint density at radius 2 is 1.91 bits per heavy atom. The average molecular weight is 149 g/mol. The minimum absolute atomic E-state index is 0.558. The van der Waals surface area contributed by atoms with Gasteiger partial charge < -0.3 is 0 Å². The molecule has 0 aliphatic rings. The maximum Gasteiger partial charge on any atom is 0.0991 e. The second-order valence-electron chi connectivity index (χ2n) is 1.76. The summed E-state index contributed by atoms with van der Waals surface area (Å²) in [6, 6.07) is 1.97. The summed E-state index contributed by atoms with van der Waals surface area (Å²) in [4.78, 5) is 0. The maximum atomic E-state index is 8.34. The molecule has 0 fully saturated rings. The van der Waals surface area contributed by atoms with Gasteiger partial charge in [-0.3, -0.25) is 0 Å². The minimum Gasteiger partial charge on any atom is -0.192 e. The molecule has 0 aromatic carbocycles. The fraction of sp³-hybridized carbons (Fsp3) is 0.300. The summed E-state index contributed by atoms with van der Waals surface area (Å²) in [7, 11) is 0. The largest absolute Gasteiger partial charge is 0.192 e. The first-order valence-electron chi connectivity index (χ1n) is 3.60. The normalized spacial score (nSPS) is 8.73. The van der Waals surface area contributed by atoms with E-state index in [2.05, 4.69) is 13.2 Å². The van der Waals surface area contributed by atoms with Crippen LogP contribution in [0.25, 0.3) is 0 Å². The van der Waals surface area contributed by atoms with Gasteiger partial charge in [-0.1, -0.05) is 38.7 Å². The molecule has 0 amide bonds. The van der Waals surface area contributed by atoms with E-state index in [9.17, 15) is 0 Å². The molecule has 0 aromatic heterocycles. The van der Waals surface area contributed by atoms with Crippen LogP contribution in [-0.2, 0) is 0 Å². The Morgan fingerprint density at radius 3 is 2.00 bits per heavy atom. The number of hydrogen-bond acceptors (Lipinski definition) is 1. The second-order valence-corrected chi connectivity index (χ2v) is 1.76. The van der Waals surface area contributed by atoms with Gasteiger partial charge >= 0.3 is 0 Å². The summed E-state index contributed by atoms with van der Waals surface area (Å²) in [5, 5.41) is 8.34. The van der Waals surface area contributed by atoms with E-state index in [4.69, 9.17) is 5.26 Å². The first-order chi connectivity index (χ1) is 5.20. The number of allylic oxidation sites excluding steroid dienone is 4. The molecule has 0 atom stereocenters. The van der Waals surface area contributed by atoms with Gasteiger partial charge in [-0.05, 0) is 13.0 Å². The van der Waals surface area contributed by atoms with Crippen molar-refractivity contribution in [2.45, 2.75) is 20.8 Å². The van der Waals surface area contributed by atoms with Gasteiger partial charge in [0.15, 0.2) is 0 Å². The summed E-state index contributed by atoms with van der Waals surface area (Å²) in [6.07, 6.45) is 3.20. The van der Waals surface area contributed by atoms with Crippen molar-refractivity contribution in [2.75, 3.05) is 0 Å². The van der Waals surface area contributed by atoms with Crippen molar-refractivity contribution >= 4 is 0 Å². The van der Waals surface area contributed by atoms with Crippen LogP contribution in [0, 0.1) is 11.3 Å². The van der Waals surface area contributed by atoms with Crippen molar-refractivity contribution in [3.05, 3.63) is 36.5 Å². The van der Waals surface area contributed by atoms with Crippen molar-refractivity contribution < 1.29 is 0 Å². The molecule has 0 heterocycles. The highest BCUT2D eigenvalue weighted by Crippen LogP contribution is 1.98. The van der Waals surface area contributed by atoms with Crippen LogP contribution in [0.4, 0.5) is 0 Å². The molecular formula is C10H15N. The maximum absolute atomic E-state index is 8.34. The van der Waals surface area contributed by atoms with Crippen molar-refractivity contribution in [2.24, 2.45) is 0 Å². The predicted molar refractivity (Wildman–Crippen MR) is 50.1 cm³/mol. The van der Waals surface area contributed by atoms with Crippen LogP contribution < -0.4 is 0 Å². The zero-order chi connectivity index (χ0) is 9.28. The van der Waals surface area contributed by atoms with E-state index in [0.29, 0.717) is 5.57 Å². The number of nitrogens with zero attached hydrogens (tertiary/aromatic N) is 1. The summed E-state index contributed by atoms with van der Waals surface area (Å²) >= 11 is 0. The molecule has 0 bridgehead atoms. The van der Waals surface area contributed by atoms with Crippen molar-refractivity contribution in [1.29, 1.82) is 5.26 Å². The number of nitriles is 1. The molecule has 0 saturated heterocycles. The Kier molecular flexibility index (Phi) is 9.81. The van der Waals surface area contributed by atoms with E-state index in [-0.39, 0.29) is 0 Å². The Balaban J connectivity index is 0. The highest BCUT2D eigenvalue weighted by atomic mass is 14.2. The summed E-state index contributed by atoms with van der Waals surface area (Å²) in [6.45, 7) is 12.9. The van der Waals surface area contributed by atoms with Crippen LogP contribution in [0.15, 0.2) is 36.5 Å². The zero-order valence-electron chi connectivity index (χ0n) is 7.52. The molecule has 0 rings (SSSR count). The fourth-order valence-electron chi connectivity index (χ4n) is 0.402. The lowest BCUT2D eigenvalue weighted by atomic mass is 10.2. The van der Waals surface area contributed by atoms with Gasteiger partial charge in [-0.25, -0.2) is 0 Å². The smallest absolute Gasteiger partial charge is 0.0991 e. The SMILES string of the molecule is C=C/C(C#N)=C\C(=C)C.CC. The lowest BCUT2D eigenvalue weighted by molar-refractivity contribution is 1.47. The van der Waals surface area contributed by atoms with Gasteiger partial charge in [0.1, 0.15) is 0 Å². The van der Waals surface area contributed by atoms with Gasteiger partial charge in [-0.2, -0.15) is 5.26 Å². The molecule has 0 radical (unpaired) electrons. The van der Waals surface area contributed by atoms with Crippen LogP contribution in [0.3, 0.4) is 0 Å². The molecule has 60 valence electrons. The van der Waals surface area contributed by atoms with E-state index >= 15 is 0 Å². The topological polar surface area (TPSA) is 23.8 Å². The molecule has 1 heteroatoms. The molecule has 0 saturated carbocycles. The summed E-state index contributed by atoms with van der Waals surface area (Å²) in [5.74, 6) is 0. The van der Waals surface area contributed by atoms with Gasteiger partial charge in [-0.15, -0.1) is 0 Å². The lowest BCUT2D eigenvalue weighted by Gasteiger charge is -1.85. The summed E-state index contributed by atoms with van der Waals surface area (Å²) < 4.78 is 0. The Labute approximate surface area is 69.4 Å². The van der Waals surface area contributed by atoms with E-state index in [1.165, 1.54) is 6.08 Å². The number of hydrogen-bond donors (Lipinski definition) is 0. The standard InChI is InChI=1S/C8H9N.C2H6/c1-4-8(6-9)5-7(2)3;1-2/h4-5H,1-2H2,3H3;1-2H3/b8-5+;. The van der Waals surface area contributed by atoms with Gasteiger partial charge in [0.25, 0.3) is 0 Å². The lowest BCUT2D eigenvalue weighted by Crippen LogP contribution is -1.70. The Morgan fingerprint density at radius 1 is 1.45 bits per heavy atom. The van der Waals surface area contributed by atoms with Crippen molar-refractivity contribution in [3.8, 4) is 6.07 Å². The molecule has 0 aliphatic carbocycles. The second kappa shape index (κ2) is 8.71. The Hall–Kier alpha value is -1.29. The third kappa shape index (κ3) is 8.71. The third-order valence-electron chi connectivity index (χ3n) is 0.751. The van der Waals surface area contributed by atoms with Crippen LogP contribution >= 0.6 is 0 Å². The van der Waals surface area contributed by atoms with Gasteiger partial charge in [0, 0.05) is 0 Å². The average Bonchev–Trinajstić information content (AvgIpc) is 2.03. The van der Waals surface area contributed by atoms with Crippen molar-refractivity contribution in [3.63, 3.8) is 0 Å². The predicted octanol–water partition coefficient (Wildman–Crippen LogP) is 3.22. The van der Waals surface area contributed by atoms with E-state index in [1.807, 2.05) is 26.8 Å². The van der Waals surface area contributed by atoms with E-state index < -0.39 is 0 Å². The molecule has 0 unspecified atom stereocenters. The molecular weight excluding hydrogens is 134 g/mol. The van der Waals surface area contributed by atoms with Gasteiger partial charge in [0.2, 0.25) is 0 Å². The monoisotopic (exact) mass is 149 g/mol. The fourth-order valence-corrected chi connectivity index (χ4v) is 0.402. The molecule has 0 aromatic rings. The van der Waals surface area contributed by atoms with Crippen LogP contribution in [0.5, 0.6) is 0 Å². The van der Waals surface area contributed by atoms with Gasteiger partial charge in [0.05, 0.1) is 11.6 Å². The molecule has 11 heavy (non-hydrogen) atoms. The van der Waals surface area contributed by atoms with Crippen molar-refractivity contribution in [1.82, 2.24) is 0 Å². The quantitative estimate of drug-likeness (QED) is 0.437. The Bertz CT molecular complexity index is 191. The van der Waals surface area contributed by atoms with E-state index in [1.54, 1.807) is 6.08 Å². The molecule has 0 aliphatic heterocycles.